The summed E-state index contributed by atoms with van der Waals surface area (Å²) in [5.41, 5.74) is 0.0224. The topological polar surface area (TPSA) is 54.0 Å². The Balaban J connectivity index is 2.30. The summed E-state index contributed by atoms with van der Waals surface area (Å²) in [6.45, 7) is 9.34. The maximum Gasteiger partial charge on any atom is 0.491 e. The van der Waals surface area contributed by atoms with Crippen LogP contribution in [0.2, 0.25) is 0 Å². The van der Waals surface area contributed by atoms with E-state index < -0.39 is 24.1 Å². The van der Waals surface area contributed by atoms with E-state index in [2.05, 4.69) is 0 Å². The van der Waals surface area contributed by atoms with E-state index in [-0.39, 0.29) is 11.9 Å². The summed E-state index contributed by atoms with van der Waals surface area (Å²) in [7, 11) is 0.850. The zero-order valence-corrected chi connectivity index (χ0v) is 17.4. The molecule has 148 valence electrons. The number of hydrogen-bond donors (Lipinski definition) is 0. The maximum absolute atomic E-state index is 14.5. The molecule has 1 aliphatic heterocycles. The summed E-state index contributed by atoms with van der Waals surface area (Å²) < 4.78 is 36.7. The van der Waals surface area contributed by atoms with Crippen LogP contribution in [-0.2, 0) is 18.8 Å². The first kappa shape index (κ1) is 21.9. The zero-order valence-electron chi connectivity index (χ0n) is 16.6. The van der Waals surface area contributed by atoms with Crippen LogP contribution in [0.1, 0.15) is 40.2 Å². The van der Waals surface area contributed by atoms with Gasteiger partial charge in [0, 0.05) is 31.4 Å². The van der Waals surface area contributed by atoms with Crippen molar-refractivity contribution in [1.82, 2.24) is 0 Å². The summed E-state index contributed by atoms with van der Waals surface area (Å²) in [5, 5.41) is -0.0267. The van der Waals surface area contributed by atoms with E-state index in [1.54, 1.807) is 18.2 Å². The smallest absolute Gasteiger partial charge is 0.467 e. The number of halogens is 1. The SMILES string of the molecule is COCOc1ccc(C=C(CSC(C)=O)B2OC(C)(C)C(C)(C)O2)c(F)c1. The molecule has 0 bridgehead atoms. The zero-order chi connectivity index (χ0) is 20.2. The fraction of sp³-hybridized carbons (Fsp3) is 0.526. The van der Waals surface area contributed by atoms with Gasteiger partial charge in [0.25, 0.3) is 0 Å². The first-order chi connectivity index (χ1) is 12.6. The van der Waals surface area contributed by atoms with Crippen LogP contribution in [0.5, 0.6) is 5.75 Å². The third-order valence-electron chi connectivity index (χ3n) is 4.65. The van der Waals surface area contributed by atoms with E-state index >= 15 is 0 Å². The lowest BCUT2D eigenvalue weighted by molar-refractivity contribution is -0.109. The summed E-state index contributed by atoms with van der Waals surface area (Å²) in [5.74, 6) is 0.292. The molecule has 0 saturated carbocycles. The fourth-order valence-corrected chi connectivity index (χ4v) is 2.99. The van der Waals surface area contributed by atoms with Crippen molar-refractivity contribution in [3.63, 3.8) is 0 Å². The number of carbonyl (C=O) groups excluding carboxylic acids is 1. The number of carbonyl (C=O) groups is 1. The molecule has 1 fully saturated rings. The third kappa shape index (κ3) is 5.57. The molecule has 1 heterocycles. The van der Waals surface area contributed by atoms with Gasteiger partial charge in [0.2, 0.25) is 0 Å². The Bertz CT molecular complexity index is 704. The molecule has 27 heavy (non-hydrogen) atoms. The molecule has 1 saturated heterocycles. The van der Waals surface area contributed by atoms with Crippen LogP contribution < -0.4 is 4.74 Å². The number of thioether (sulfide) groups is 1. The Kier molecular flexibility index (Phi) is 7.13. The number of rotatable bonds is 7. The Morgan fingerprint density at radius 1 is 1.26 bits per heavy atom. The minimum atomic E-state index is -0.648. The predicted octanol–water partition coefficient (Wildman–Crippen LogP) is 4.10. The lowest BCUT2D eigenvalue weighted by atomic mass is 9.78. The molecule has 0 aromatic heterocycles. The van der Waals surface area contributed by atoms with E-state index in [0.29, 0.717) is 22.5 Å². The lowest BCUT2D eigenvalue weighted by Gasteiger charge is -2.32. The summed E-state index contributed by atoms with van der Waals surface area (Å²) in [6, 6.07) is 4.57. The number of methoxy groups -OCH3 is 1. The highest BCUT2D eigenvalue weighted by molar-refractivity contribution is 8.13. The third-order valence-corrected chi connectivity index (χ3v) is 5.54. The molecule has 0 aliphatic carbocycles. The van der Waals surface area contributed by atoms with Crippen LogP contribution in [0.3, 0.4) is 0 Å². The monoisotopic (exact) mass is 396 g/mol. The van der Waals surface area contributed by atoms with Crippen LogP contribution in [0.15, 0.2) is 23.7 Å². The highest BCUT2D eigenvalue weighted by Gasteiger charge is 2.52. The van der Waals surface area contributed by atoms with Crippen LogP contribution in [0.25, 0.3) is 6.08 Å². The molecule has 0 atom stereocenters. The molecular formula is C19H26BFO5S. The molecule has 0 spiro atoms. The quantitative estimate of drug-likeness (QED) is 0.511. The first-order valence-corrected chi connectivity index (χ1v) is 9.65. The van der Waals surface area contributed by atoms with E-state index in [1.165, 1.54) is 20.1 Å². The Morgan fingerprint density at radius 3 is 2.41 bits per heavy atom. The van der Waals surface area contributed by atoms with Crippen molar-refractivity contribution in [2.24, 2.45) is 0 Å². The highest BCUT2D eigenvalue weighted by Crippen LogP contribution is 2.39. The molecule has 1 aliphatic rings. The van der Waals surface area contributed by atoms with Crippen LogP contribution >= 0.6 is 11.8 Å². The van der Waals surface area contributed by atoms with Crippen LogP contribution in [-0.4, -0.2) is 43.1 Å². The molecule has 0 unspecified atom stereocenters. The van der Waals surface area contributed by atoms with Gasteiger partial charge in [-0.1, -0.05) is 17.8 Å². The highest BCUT2D eigenvalue weighted by atomic mass is 32.2. The largest absolute Gasteiger partial charge is 0.491 e. The Hall–Kier alpha value is -1.35. The van der Waals surface area contributed by atoms with Crippen molar-refractivity contribution in [1.29, 1.82) is 0 Å². The molecule has 5 nitrogen and oxygen atoms in total. The summed E-state index contributed by atoms with van der Waals surface area (Å²) in [4.78, 5) is 11.4. The van der Waals surface area contributed by atoms with Gasteiger partial charge in [-0.3, -0.25) is 4.79 Å². The molecule has 1 aromatic carbocycles. The average molecular weight is 396 g/mol. The maximum atomic E-state index is 14.5. The second kappa shape index (κ2) is 8.77. The summed E-state index contributed by atoms with van der Waals surface area (Å²) in [6.07, 6.45) is 1.67. The lowest BCUT2D eigenvalue weighted by Crippen LogP contribution is -2.41. The minimum Gasteiger partial charge on any atom is -0.467 e. The first-order valence-electron chi connectivity index (χ1n) is 8.66. The van der Waals surface area contributed by atoms with Gasteiger partial charge in [-0.25, -0.2) is 4.39 Å². The Labute approximate surface area is 164 Å². The predicted molar refractivity (Wildman–Crippen MR) is 106 cm³/mol. The average Bonchev–Trinajstić information content (AvgIpc) is 2.78. The van der Waals surface area contributed by atoms with Crippen molar-refractivity contribution in [3.05, 3.63) is 35.1 Å². The number of benzene rings is 1. The van der Waals surface area contributed by atoms with Crippen molar-refractivity contribution in [2.75, 3.05) is 19.7 Å². The standard InChI is InChI=1S/C19H26BFO5S/c1-13(22)27-11-15(20-25-18(2,3)19(4,5)26-20)9-14-7-8-16(10-17(14)21)24-12-23-6/h7-10H,11-12H2,1-6H3. The van der Waals surface area contributed by atoms with Crippen LogP contribution in [0.4, 0.5) is 4.39 Å². The van der Waals surface area contributed by atoms with Gasteiger partial charge in [0.1, 0.15) is 11.6 Å². The van der Waals surface area contributed by atoms with Crippen molar-refractivity contribution in [2.45, 2.75) is 45.8 Å². The Morgan fingerprint density at radius 2 is 1.89 bits per heavy atom. The van der Waals surface area contributed by atoms with Gasteiger partial charge in [-0.15, -0.1) is 0 Å². The van der Waals surface area contributed by atoms with Gasteiger partial charge < -0.3 is 18.8 Å². The molecule has 1 aromatic rings. The second-order valence-corrected chi connectivity index (χ2v) is 8.47. The molecule has 0 N–H and O–H groups in total. The van der Waals surface area contributed by atoms with Gasteiger partial charge in [0.15, 0.2) is 11.9 Å². The van der Waals surface area contributed by atoms with Crippen molar-refractivity contribution < 1.29 is 28.0 Å². The van der Waals surface area contributed by atoms with E-state index in [1.807, 2.05) is 27.7 Å². The van der Waals surface area contributed by atoms with E-state index in [9.17, 15) is 9.18 Å². The second-order valence-electron chi connectivity index (χ2n) is 7.32. The van der Waals surface area contributed by atoms with Gasteiger partial charge >= 0.3 is 7.12 Å². The van der Waals surface area contributed by atoms with E-state index in [0.717, 1.165) is 11.8 Å². The number of hydrogen-bond acceptors (Lipinski definition) is 6. The van der Waals surface area contributed by atoms with Gasteiger partial charge in [-0.05, 0) is 45.3 Å². The summed E-state index contributed by atoms with van der Waals surface area (Å²) >= 11 is 1.14. The molecule has 0 radical (unpaired) electrons. The molecular weight excluding hydrogens is 370 g/mol. The number of ether oxygens (including phenoxy) is 2. The van der Waals surface area contributed by atoms with Gasteiger partial charge in [-0.2, -0.15) is 0 Å². The normalized spacial score (nSPS) is 18.6. The van der Waals surface area contributed by atoms with Gasteiger partial charge in [0.05, 0.1) is 11.2 Å². The molecule has 8 heteroatoms. The van der Waals surface area contributed by atoms with Crippen molar-refractivity contribution in [3.8, 4) is 5.75 Å². The van der Waals surface area contributed by atoms with E-state index in [4.69, 9.17) is 18.8 Å². The van der Waals surface area contributed by atoms with Crippen molar-refractivity contribution >= 4 is 30.1 Å². The molecule has 0 amide bonds. The minimum absolute atomic E-state index is 0.0267. The molecule has 2 rings (SSSR count). The van der Waals surface area contributed by atoms with Crippen LogP contribution in [0, 0.1) is 5.82 Å². The fourth-order valence-electron chi connectivity index (χ4n) is 2.40.